The highest BCUT2D eigenvalue weighted by atomic mass is 16.6. The molecule has 0 aliphatic rings. The van der Waals surface area contributed by atoms with Crippen LogP contribution in [0.15, 0.2) is 18.5 Å². The Morgan fingerprint density at radius 1 is 1.53 bits per heavy atom. The number of nitrogens with zero attached hydrogens (tertiary/aromatic N) is 2. The quantitative estimate of drug-likeness (QED) is 0.419. The van der Waals surface area contributed by atoms with Crippen LogP contribution in [0, 0.1) is 10.1 Å². The van der Waals surface area contributed by atoms with E-state index in [1.165, 1.54) is 12.4 Å². The molecular weight excluding hydrogens is 224 g/mol. The molecule has 92 valence electrons. The summed E-state index contributed by atoms with van der Waals surface area (Å²) in [5.74, 6) is -0.333. The molecule has 0 aliphatic heterocycles. The fourth-order valence-electron chi connectivity index (χ4n) is 1.33. The molecule has 1 aromatic heterocycles. The SMILES string of the molecule is NC(=O)CCCCNc1ccncc1[N+](=O)[O-]. The van der Waals surface area contributed by atoms with Crippen molar-refractivity contribution in [2.24, 2.45) is 5.73 Å². The summed E-state index contributed by atoms with van der Waals surface area (Å²) >= 11 is 0. The second-order valence-electron chi connectivity index (χ2n) is 3.50. The van der Waals surface area contributed by atoms with Crippen molar-refractivity contribution in [3.8, 4) is 0 Å². The molecule has 1 aromatic rings. The molecule has 3 N–H and O–H groups in total. The Bertz CT molecular complexity index is 408. The summed E-state index contributed by atoms with van der Waals surface area (Å²) in [6.45, 7) is 0.554. The van der Waals surface area contributed by atoms with E-state index in [1.807, 2.05) is 0 Å². The molecule has 0 saturated heterocycles. The van der Waals surface area contributed by atoms with Gasteiger partial charge >= 0.3 is 5.69 Å². The molecule has 0 radical (unpaired) electrons. The summed E-state index contributed by atoms with van der Waals surface area (Å²) in [6.07, 6.45) is 4.41. The fraction of sp³-hybridized carbons (Fsp3) is 0.400. The Hall–Kier alpha value is -2.18. The number of nitro groups is 1. The third kappa shape index (κ3) is 4.45. The Labute approximate surface area is 98.2 Å². The Morgan fingerprint density at radius 2 is 2.29 bits per heavy atom. The topological polar surface area (TPSA) is 111 Å². The molecule has 1 amide bonds. The lowest BCUT2D eigenvalue weighted by Crippen LogP contribution is -2.11. The van der Waals surface area contributed by atoms with Crippen LogP contribution < -0.4 is 11.1 Å². The van der Waals surface area contributed by atoms with Gasteiger partial charge in [-0.3, -0.25) is 19.9 Å². The van der Waals surface area contributed by atoms with Gasteiger partial charge in [-0.2, -0.15) is 0 Å². The van der Waals surface area contributed by atoms with E-state index in [2.05, 4.69) is 10.3 Å². The minimum atomic E-state index is -0.487. The van der Waals surface area contributed by atoms with E-state index >= 15 is 0 Å². The van der Waals surface area contributed by atoms with Crippen LogP contribution >= 0.6 is 0 Å². The zero-order valence-electron chi connectivity index (χ0n) is 9.26. The number of pyridine rings is 1. The fourth-order valence-corrected chi connectivity index (χ4v) is 1.33. The van der Waals surface area contributed by atoms with Gasteiger partial charge in [-0.1, -0.05) is 0 Å². The van der Waals surface area contributed by atoms with Gasteiger partial charge in [0, 0.05) is 19.2 Å². The first-order chi connectivity index (χ1) is 8.11. The van der Waals surface area contributed by atoms with E-state index in [-0.39, 0.29) is 11.6 Å². The number of hydrogen-bond donors (Lipinski definition) is 2. The van der Waals surface area contributed by atoms with Crippen LogP contribution in [0.3, 0.4) is 0 Å². The predicted molar refractivity (Wildman–Crippen MR) is 62.4 cm³/mol. The molecule has 1 heterocycles. The first-order valence-corrected chi connectivity index (χ1v) is 5.22. The average molecular weight is 238 g/mol. The lowest BCUT2D eigenvalue weighted by Gasteiger charge is -2.05. The largest absolute Gasteiger partial charge is 0.379 e. The number of unbranched alkanes of at least 4 members (excludes halogenated alkanes) is 1. The van der Waals surface area contributed by atoms with E-state index in [1.54, 1.807) is 6.07 Å². The maximum Gasteiger partial charge on any atom is 0.310 e. The molecule has 7 nitrogen and oxygen atoms in total. The van der Waals surface area contributed by atoms with Crippen molar-refractivity contribution in [1.29, 1.82) is 0 Å². The van der Waals surface area contributed by atoms with Crippen molar-refractivity contribution < 1.29 is 9.72 Å². The van der Waals surface area contributed by atoms with Gasteiger partial charge in [0.15, 0.2) is 0 Å². The number of nitrogens with two attached hydrogens (primary N) is 1. The highest BCUT2D eigenvalue weighted by molar-refractivity contribution is 5.73. The molecule has 0 atom stereocenters. The predicted octanol–water partition coefficient (Wildman–Crippen LogP) is 1.06. The molecule has 7 heteroatoms. The zero-order chi connectivity index (χ0) is 12.7. The molecule has 0 saturated carbocycles. The van der Waals surface area contributed by atoms with Crippen molar-refractivity contribution in [1.82, 2.24) is 4.98 Å². The smallest absolute Gasteiger partial charge is 0.310 e. The first kappa shape index (κ1) is 12.9. The van der Waals surface area contributed by atoms with Gasteiger partial charge in [-0.05, 0) is 18.9 Å². The van der Waals surface area contributed by atoms with Crippen LogP contribution in [0.1, 0.15) is 19.3 Å². The minimum absolute atomic E-state index is 0.0533. The third-order valence-corrected chi connectivity index (χ3v) is 2.16. The summed E-state index contributed by atoms with van der Waals surface area (Å²) < 4.78 is 0. The summed E-state index contributed by atoms with van der Waals surface area (Å²) in [6, 6.07) is 1.55. The Kier molecular flexibility index (Phi) is 4.86. The first-order valence-electron chi connectivity index (χ1n) is 5.22. The van der Waals surface area contributed by atoms with E-state index in [9.17, 15) is 14.9 Å². The number of amides is 1. The minimum Gasteiger partial charge on any atom is -0.379 e. The van der Waals surface area contributed by atoms with Gasteiger partial charge in [0.1, 0.15) is 11.9 Å². The van der Waals surface area contributed by atoms with Crippen molar-refractivity contribution in [2.75, 3.05) is 11.9 Å². The lowest BCUT2D eigenvalue weighted by molar-refractivity contribution is -0.384. The number of hydrogen-bond acceptors (Lipinski definition) is 5. The molecule has 0 spiro atoms. The molecule has 0 unspecified atom stereocenters. The standard InChI is InChI=1S/C10H14N4O3/c11-10(15)3-1-2-5-13-8-4-6-12-7-9(8)14(16)17/h4,6-7H,1-3,5H2,(H2,11,15)(H,12,13). The van der Waals surface area contributed by atoms with Crippen LogP contribution in [0.25, 0.3) is 0 Å². The number of aromatic nitrogens is 1. The maximum atomic E-state index is 10.7. The monoisotopic (exact) mass is 238 g/mol. The second-order valence-corrected chi connectivity index (χ2v) is 3.50. The van der Waals surface area contributed by atoms with Crippen LogP contribution in [0.2, 0.25) is 0 Å². The second kappa shape index (κ2) is 6.41. The summed E-state index contributed by atoms with van der Waals surface area (Å²) in [5, 5.41) is 13.6. The molecule has 0 fully saturated rings. The van der Waals surface area contributed by atoms with Crippen molar-refractivity contribution in [3.05, 3.63) is 28.6 Å². The van der Waals surface area contributed by atoms with E-state index < -0.39 is 4.92 Å². The van der Waals surface area contributed by atoms with Crippen LogP contribution in [-0.4, -0.2) is 22.4 Å². The van der Waals surface area contributed by atoms with Gasteiger partial charge < -0.3 is 11.1 Å². The normalized spacial score (nSPS) is 9.88. The number of primary amides is 1. The number of rotatable bonds is 7. The maximum absolute atomic E-state index is 10.7. The number of carbonyl (C=O) groups is 1. The molecule has 0 aromatic carbocycles. The summed E-state index contributed by atoms with van der Waals surface area (Å²) in [4.78, 5) is 24.3. The van der Waals surface area contributed by atoms with Gasteiger partial charge in [-0.15, -0.1) is 0 Å². The van der Waals surface area contributed by atoms with Crippen LogP contribution in [0.4, 0.5) is 11.4 Å². The molecule has 1 rings (SSSR count). The zero-order valence-corrected chi connectivity index (χ0v) is 9.26. The molecule has 0 aliphatic carbocycles. The van der Waals surface area contributed by atoms with Crippen LogP contribution in [0.5, 0.6) is 0 Å². The molecular formula is C10H14N4O3. The number of anilines is 1. The van der Waals surface area contributed by atoms with E-state index in [4.69, 9.17) is 5.73 Å². The lowest BCUT2D eigenvalue weighted by atomic mass is 10.2. The number of carbonyl (C=O) groups excluding carboxylic acids is 1. The highest BCUT2D eigenvalue weighted by Gasteiger charge is 2.12. The van der Waals surface area contributed by atoms with Gasteiger partial charge in [0.05, 0.1) is 4.92 Å². The van der Waals surface area contributed by atoms with E-state index in [0.29, 0.717) is 25.1 Å². The Balaban J connectivity index is 2.41. The van der Waals surface area contributed by atoms with Gasteiger partial charge in [0.2, 0.25) is 5.91 Å². The molecule has 17 heavy (non-hydrogen) atoms. The van der Waals surface area contributed by atoms with Crippen molar-refractivity contribution in [3.63, 3.8) is 0 Å². The molecule has 0 bridgehead atoms. The van der Waals surface area contributed by atoms with Crippen molar-refractivity contribution >= 4 is 17.3 Å². The summed E-state index contributed by atoms with van der Waals surface area (Å²) in [7, 11) is 0. The van der Waals surface area contributed by atoms with E-state index in [0.717, 1.165) is 6.42 Å². The van der Waals surface area contributed by atoms with Crippen LogP contribution in [-0.2, 0) is 4.79 Å². The number of nitrogens with one attached hydrogen (secondary N) is 1. The summed E-state index contributed by atoms with van der Waals surface area (Å²) in [5.41, 5.74) is 5.37. The van der Waals surface area contributed by atoms with Gasteiger partial charge in [-0.25, -0.2) is 0 Å². The van der Waals surface area contributed by atoms with Gasteiger partial charge in [0.25, 0.3) is 0 Å². The third-order valence-electron chi connectivity index (χ3n) is 2.16. The average Bonchev–Trinajstić information content (AvgIpc) is 2.28. The highest BCUT2D eigenvalue weighted by Crippen LogP contribution is 2.21. The van der Waals surface area contributed by atoms with Crippen molar-refractivity contribution in [2.45, 2.75) is 19.3 Å². The Morgan fingerprint density at radius 3 is 2.94 bits per heavy atom.